The van der Waals surface area contributed by atoms with E-state index in [1.54, 1.807) is 25.1 Å². The Kier molecular flexibility index (Phi) is 5.21. The van der Waals surface area contributed by atoms with Crippen molar-refractivity contribution in [3.05, 3.63) is 53.0 Å². The summed E-state index contributed by atoms with van der Waals surface area (Å²) in [6, 6.07) is 6.56. The van der Waals surface area contributed by atoms with E-state index < -0.39 is 13.2 Å². The smallest absolute Gasteiger partial charge is 0.466 e. The maximum atomic E-state index is 11.8. The van der Waals surface area contributed by atoms with Crippen LogP contribution in [0.15, 0.2) is 30.5 Å². The van der Waals surface area contributed by atoms with Crippen molar-refractivity contribution in [3.63, 3.8) is 0 Å². The molecular formula is C18H17BN2O5. The van der Waals surface area contributed by atoms with Gasteiger partial charge in [0.05, 0.1) is 25.7 Å². The minimum atomic E-state index is -1.14. The number of aromatic nitrogens is 1. The normalized spacial score (nSPS) is 15.3. The summed E-state index contributed by atoms with van der Waals surface area (Å²) in [5, 5.41) is 10.2. The van der Waals surface area contributed by atoms with E-state index in [-0.39, 0.29) is 18.3 Å². The number of ether oxygens (including phenoxy) is 2. The molecule has 1 atom stereocenters. The highest BCUT2D eigenvalue weighted by molar-refractivity contribution is 6.62. The maximum absolute atomic E-state index is 11.8. The summed E-state index contributed by atoms with van der Waals surface area (Å²) in [5.74, 6) is 0.377. The zero-order chi connectivity index (χ0) is 18.7. The van der Waals surface area contributed by atoms with E-state index in [1.807, 2.05) is 6.92 Å². The molecule has 1 unspecified atom stereocenters. The second kappa shape index (κ2) is 7.56. The molecule has 3 rings (SSSR count). The van der Waals surface area contributed by atoms with Gasteiger partial charge in [-0.05, 0) is 48.6 Å². The van der Waals surface area contributed by atoms with E-state index in [2.05, 4.69) is 9.83 Å². The summed E-state index contributed by atoms with van der Waals surface area (Å²) in [6.07, 6.45) is 0.973. The second-order valence-electron chi connectivity index (χ2n) is 5.80. The molecule has 1 N–H and O–H groups in total. The van der Waals surface area contributed by atoms with Gasteiger partial charge in [0.15, 0.2) is 5.69 Å². The van der Waals surface area contributed by atoms with Crippen molar-refractivity contribution in [2.24, 2.45) is 0 Å². The SMILES string of the molecule is [C-]#[N+]c1ccnc(Oc2cc(C)c3c(c2)B(O)OC3CC(=O)OCC)c1. The lowest BCUT2D eigenvalue weighted by molar-refractivity contribution is -0.145. The van der Waals surface area contributed by atoms with Crippen LogP contribution in [-0.4, -0.2) is 29.7 Å². The van der Waals surface area contributed by atoms with Gasteiger partial charge in [-0.1, -0.05) is 0 Å². The van der Waals surface area contributed by atoms with Crippen LogP contribution in [0, 0.1) is 13.5 Å². The van der Waals surface area contributed by atoms with Gasteiger partial charge in [0.1, 0.15) is 5.75 Å². The number of hydrogen-bond donors (Lipinski definition) is 1. The van der Waals surface area contributed by atoms with E-state index in [9.17, 15) is 9.82 Å². The first-order chi connectivity index (χ1) is 12.5. The van der Waals surface area contributed by atoms with Crippen molar-refractivity contribution in [2.75, 3.05) is 6.61 Å². The lowest BCUT2D eigenvalue weighted by Gasteiger charge is -2.14. The molecule has 2 heterocycles. The Morgan fingerprint density at radius 1 is 1.46 bits per heavy atom. The number of carbonyl (C=O) groups is 1. The molecule has 0 saturated carbocycles. The molecule has 0 saturated heterocycles. The molecule has 0 fully saturated rings. The van der Waals surface area contributed by atoms with Gasteiger partial charge in [-0.3, -0.25) is 4.79 Å². The van der Waals surface area contributed by atoms with Crippen molar-refractivity contribution >= 4 is 24.2 Å². The molecule has 0 aliphatic carbocycles. The average Bonchev–Trinajstić information content (AvgIpc) is 2.91. The molecule has 2 aromatic rings. The summed E-state index contributed by atoms with van der Waals surface area (Å²) in [5.41, 5.74) is 2.56. The maximum Gasteiger partial charge on any atom is 0.492 e. The Morgan fingerprint density at radius 2 is 2.27 bits per heavy atom. The molecule has 8 heteroatoms. The number of aryl methyl sites for hydroxylation is 1. The molecule has 26 heavy (non-hydrogen) atoms. The van der Waals surface area contributed by atoms with Gasteiger partial charge in [-0.2, -0.15) is 0 Å². The quantitative estimate of drug-likeness (QED) is 0.506. The van der Waals surface area contributed by atoms with Crippen molar-refractivity contribution in [1.82, 2.24) is 4.98 Å². The third kappa shape index (κ3) is 3.69. The number of rotatable bonds is 5. The number of esters is 1. The first kappa shape index (κ1) is 17.9. The van der Waals surface area contributed by atoms with Crippen molar-refractivity contribution in [3.8, 4) is 11.6 Å². The van der Waals surface area contributed by atoms with Crippen LogP contribution in [0.3, 0.4) is 0 Å². The summed E-state index contributed by atoms with van der Waals surface area (Å²) in [6.45, 7) is 10.9. The number of benzene rings is 1. The zero-order valence-corrected chi connectivity index (χ0v) is 14.4. The fraction of sp³-hybridized carbons (Fsp3) is 0.278. The minimum absolute atomic E-state index is 0.0353. The number of fused-ring (bicyclic) bond motifs is 1. The zero-order valence-electron chi connectivity index (χ0n) is 14.4. The van der Waals surface area contributed by atoms with Gasteiger partial charge >= 0.3 is 13.1 Å². The minimum Gasteiger partial charge on any atom is -0.466 e. The first-order valence-corrected chi connectivity index (χ1v) is 8.16. The van der Waals surface area contributed by atoms with Crippen molar-refractivity contribution in [2.45, 2.75) is 26.4 Å². The summed E-state index contributed by atoms with van der Waals surface area (Å²) >= 11 is 0. The highest BCUT2D eigenvalue weighted by atomic mass is 16.5. The second-order valence-corrected chi connectivity index (χ2v) is 5.80. The van der Waals surface area contributed by atoms with Crippen LogP contribution in [0.2, 0.25) is 0 Å². The van der Waals surface area contributed by atoms with Crippen LogP contribution >= 0.6 is 0 Å². The standard InChI is InChI=1S/C18H17BN2O5/c1-4-24-17(22)10-15-18-11(2)7-13(9-14(18)19(23)26-15)25-16-8-12(20-3)5-6-21-16/h5-9,15,23H,4,10H2,1-2H3. The monoisotopic (exact) mass is 352 g/mol. The van der Waals surface area contributed by atoms with Crippen molar-refractivity contribution in [1.29, 1.82) is 0 Å². The molecule has 1 aromatic heterocycles. The fourth-order valence-electron chi connectivity index (χ4n) is 2.96. The summed E-state index contributed by atoms with van der Waals surface area (Å²) in [7, 11) is -1.14. The highest BCUT2D eigenvalue weighted by Gasteiger charge is 2.38. The van der Waals surface area contributed by atoms with E-state index in [4.69, 9.17) is 20.7 Å². The van der Waals surface area contributed by atoms with Crippen molar-refractivity contribution < 1.29 is 23.9 Å². The Morgan fingerprint density at radius 3 is 3.00 bits per heavy atom. The number of nitrogens with zero attached hydrogens (tertiary/aromatic N) is 2. The Bertz CT molecular complexity index is 880. The van der Waals surface area contributed by atoms with Crippen LogP contribution in [0.4, 0.5) is 5.69 Å². The molecule has 1 aliphatic heterocycles. The van der Waals surface area contributed by atoms with Crippen LogP contribution < -0.4 is 10.2 Å². The van der Waals surface area contributed by atoms with E-state index in [0.29, 0.717) is 23.5 Å². The molecular weight excluding hydrogens is 335 g/mol. The van der Waals surface area contributed by atoms with Gasteiger partial charge in [-0.15, -0.1) is 0 Å². The van der Waals surface area contributed by atoms with Crippen LogP contribution in [0.25, 0.3) is 4.85 Å². The van der Waals surface area contributed by atoms with Crippen LogP contribution in [-0.2, 0) is 14.2 Å². The lowest BCUT2D eigenvalue weighted by atomic mass is 9.77. The molecule has 0 bridgehead atoms. The average molecular weight is 352 g/mol. The third-order valence-corrected chi connectivity index (χ3v) is 4.00. The fourth-order valence-corrected chi connectivity index (χ4v) is 2.96. The molecule has 0 spiro atoms. The largest absolute Gasteiger partial charge is 0.492 e. The number of carbonyl (C=O) groups excluding carboxylic acids is 1. The van der Waals surface area contributed by atoms with Gasteiger partial charge in [0, 0.05) is 12.3 Å². The predicted octanol–water partition coefficient (Wildman–Crippen LogP) is 2.45. The Hall–Kier alpha value is -2.89. The van der Waals surface area contributed by atoms with Gasteiger partial charge < -0.3 is 19.2 Å². The third-order valence-electron chi connectivity index (χ3n) is 4.00. The summed E-state index contributed by atoms with van der Waals surface area (Å²) in [4.78, 5) is 19.2. The van der Waals surface area contributed by atoms with E-state index in [0.717, 1.165) is 11.1 Å². The summed E-state index contributed by atoms with van der Waals surface area (Å²) < 4.78 is 16.2. The predicted molar refractivity (Wildman–Crippen MR) is 94.4 cm³/mol. The molecule has 132 valence electrons. The first-order valence-electron chi connectivity index (χ1n) is 8.16. The molecule has 1 aliphatic rings. The van der Waals surface area contributed by atoms with E-state index >= 15 is 0 Å². The van der Waals surface area contributed by atoms with Gasteiger partial charge in [-0.25, -0.2) is 9.83 Å². The Balaban J connectivity index is 1.86. The Labute approximate surface area is 151 Å². The van der Waals surface area contributed by atoms with Gasteiger partial charge in [0.2, 0.25) is 5.88 Å². The number of hydrogen-bond acceptors (Lipinski definition) is 6. The lowest BCUT2D eigenvalue weighted by Crippen LogP contribution is -2.28. The molecule has 0 amide bonds. The number of pyridine rings is 1. The highest BCUT2D eigenvalue weighted by Crippen LogP contribution is 2.33. The van der Waals surface area contributed by atoms with Gasteiger partial charge in [0.25, 0.3) is 0 Å². The topological polar surface area (TPSA) is 82.2 Å². The molecule has 1 aromatic carbocycles. The van der Waals surface area contributed by atoms with Crippen LogP contribution in [0.5, 0.6) is 11.6 Å². The van der Waals surface area contributed by atoms with Crippen LogP contribution in [0.1, 0.15) is 30.6 Å². The molecule has 0 radical (unpaired) electrons. The van der Waals surface area contributed by atoms with E-state index in [1.165, 1.54) is 12.3 Å². The molecule has 7 nitrogen and oxygen atoms in total.